The van der Waals surface area contributed by atoms with Crippen LogP contribution in [0.3, 0.4) is 0 Å². The number of rotatable bonds is 4. The van der Waals surface area contributed by atoms with Crippen molar-refractivity contribution in [1.82, 2.24) is 10.4 Å². The average molecular weight is 340 g/mol. The Bertz CT molecular complexity index is 456. The Morgan fingerprint density at radius 3 is 2.60 bits per heavy atom. The van der Waals surface area contributed by atoms with Gasteiger partial charge in [0.1, 0.15) is 0 Å². The second-order valence-electron chi connectivity index (χ2n) is 5.40. The first-order chi connectivity index (χ1) is 9.58. The molecule has 0 aliphatic carbocycles. The molecule has 1 amide bonds. The first-order valence-corrected chi connectivity index (χ1v) is 7.93. The Hall–Kier alpha value is -0.910. The van der Waals surface area contributed by atoms with E-state index in [1.54, 1.807) is 0 Å². The van der Waals surface area contributed by atoms with E-state index in [9.17, 15) is 4.79 Å². The van der Waals surface area contributed by atoms with Gasteiger partial charge >= 0.3 is 0 Å². The molecule has 2 unspecified atom stereocenters. The predicted octanol–water partition coefficient (Wildman–Crippen LogP) is 3.16. The number of hydrazine groups is 1. The lowest BCUT2D eigenvalue weighted by atomic mass is 10.00. The van der Waals surface area contributed by atoms with Crippen LogP contribution in [-0.4, -0.2) is 29.5 Å². The van der Waals surface area contributed by atoms with Crippen LogP contribution >= 0.6 is 15.9 Å². The van der Waals surface area contributed by atoms with Gasteiger partial charge in [0.05, 0.1) is 12.2 Å². The molecule has 2 atom stereocenters. The maximum atomic E-state index is 12.0. The fourth-order valence-electron chi connectivity index (χ4n) is 2.65. The molecule has 0 spiro atoms. The number of benzene rings is 1. The molecule has 1 fully saturated rings. The summed E-state index contributed by atoms with van der Waals surface area (Å²) < 4.78 is 0.896. The van der Waals surface area contributed by atoms with Crippen molar-refractivity contribution >= 4 is 27.5 Å². The van der Waals surface area contributed by atoms with Crippen LogP contribution in [0.1, 0.15) is 33.1 Å². The zero-order chi connectivity index (χ0) is 14.5. The van der Waals surface area contributed by atoms with E-state index < -0.39 is 0 Å². The van der Waals surface area contributed by atoms with E-state index in [1.807, 2.05) is 24.3 Å². The van der Waals surface area contributed by atoms with Gasteiger partial charge in [0.15, 0.2) is 0 Å². The number of carbonyl (C=O) groups excluding carboxylic acids is 1. The molecule has 1 aromatic carbocycles. The minimum absolute atomic E-state index is 0.0260. The highest BCUT2D eigenvalue weighted by Gasteiger charge is 2.24. The molecule has 1 aliphatic rings. The van der Waals surface area contributed by atoms with Gasteiger partial charge in [-0.15, -0.1) is 0 Å². The van der Waals surface area contributed by atoms with Crippen molar-refractivity contribution in [1.29, 1.82) is 0 Å². The maximum Gasteiger partial charge on any atom is 0.239 e. The summed E-state index contributed by atoms with van der Waals surface area (Å²) in [5.74, 6) is -0.0260. The molecule has 110 valence electrons. The van der Waals surface area contributed by atoms with Gasteiger partial charge in [-0.3, -0.25) is 4.79 Å². The highest BCUT2D eigenvalue weighted by Crippen LogP contribution is 2.21. The van der Waals surface area contributed by atoms with E-state index in [-0.39, 0.29) is 5.91 Å². The van der Waals surface area contributed by atoms with Gasteiger partial charge in [0.25, 0.3) is 0 Å². The number of hydrogen-bond donors (Lipinski definition) is 2. The molecule has 2 N–H and O–H groups in total. The third-order valence-electron chi connectivity index (χ3n) is 3.76. The number of nitrogens with one attached hydrogen (secondary N) is 2. The Morgan fingerprint density at radius 2 is 1.95 bits per heavy atom. The first-order valence-electron chi connectivity index (χ1n) is 7.14. The quantitative estimate of drug-likeness (QED) is 0.885. The summed E-state index contributed by atoms with van der Waals surface area (Å²) in [5, 5.41) is 5.12. The standard InChI is InChI=1S/C15H22BrN3O/c1-11-6-5-7-12(2)19(11)17-10-15(20)18-14-9-4-3-8-13(14)16/h3-4,8-9,11-12,17H,5-7,10H2,1-2H3,(H,18,20). The fourth-order valence-corrected chi connectivity index (χ4v) is 3.04. The van der Waals surface area contributed by atoms with Crippen LogP contribution < -0.4 is 10.7 Å². The van der Waals surface area contributed by atoms with Crippen LogP contribution in [0, 0.1) is 0 Å². The van der Waals surface area contributed by atoms with E-state index >= 15 is 0 Å². The van der Waals surface area contributed by atoms with Crippen LogP contribution in [0.25, 0.3) is 0 Å². The zero-order valence-corrected chi connectivity index (χ0v) is 13.6. The fraction of sp³-hybridized carbons (Fsp3) is 0.533. The van der Waals surface area contributed by atoms with Gasteiger partial charge in [-0.25, -0.2) is 10.4 Å². The summed E-state index contributed by atoms with van der Waals surface area (Å²) in [6.07, 6.45) is 3.63. The molecule has 0 aromatic heterocycles. The second kappa shape index (κ2) is 7.20. The first kappa shape index (κ1) is 15.5. The summed E-state index contributed by atoms with van der Waals surface area (Å²) in [4.78, 5) is 12.0. The molecule has 4 nitrogen and oxygen atoms in total. The van der Waals surface area contributed by atoms with Crippen LogP contribution in [0.4, 0.5) is 5.69 Å². The third-order valence-corrected chi connectivity index (χ3v) is 4.46. The summed E-state index contributed by atoms with van der Waals surface area (Å²) in [6, 6.07) is 8.59. The van der Waals surface area contributed by atoms with Crippen molar-refractivity contribution in [2.24, 2.45) is 0 Å². The maximum absolute atomic E-state index is 12.0. The summed E-state index contributed by atoms with van der Waals surface area (Å²) in [7, 11) is 0. The van der Waals surface area contributed by atoms with Crippen molar-refractivity contribution in [3.63, 3.8) is 0 Å². The lowest BCUT2D eigenvalue weighted by Crippen LogP contribution is -2.53. The van der Waals surface area contributed by atoms with Gasteiger partial charge < -0.3 is 5.32 Å². The van der Waals surface area contributed by atoms with Crippen molar-refractivity contribution in [3.05, 3.63) is 28.7 Å². The van der Waals surface area contributed by atoms with E-state index in [2.05, 4.69) is 45.5 Å². The molecule has 2 rings (SSSR count). The summed E-state index contributed by atoms with van der Waals surface area (Å²) in [6.45, 7) is 4.71. The van der Waals surface area contributed by atoms with Gasteiger partial charge in [-0.2, -0.15) is 0 Å². The highest BCUT2D eigenvalue weighted by molar-refractivity contribution is 9.10. The lowest BCUT2D eigenvalue weighted by Gasteiger charge is -2.38. The number of carbonyl (C=O) groups is 1. The minimum Gasteiger partial charge on any atom is -0.324 e. The van der Waals surface area contributed by atoms with Gasteiger partial charge in [0.2, 0.25) is 5.91 Å². The second-order valence-corrected chi connectivity index (χ2v) is 6.25. The lowest BCUT2D eigenvalue weighted by molar-refractivity contribution is -0.117. The van der Waals surface area contributed by atoms with Gasteiger partial charge in [-0.05, 0) is 54.8 Å². The Morgan fingerprint density at radius 1 is 1.30 bits per heavy atom. The number of anilines is 1. The summed E-state index contributed by atoms with van der Waals surface area (Å²) >= 11 is 3.43. The third kappa shape index (κ3) is 4.04. The zero-order valence-electron chi connectivity index (χ0n) is 12.0. The molecule has 0 saturated carbocycles. The van der Waals surface area contributed by atoms with Gasteiger partial charge in [0, 0.05) is 16.6 Å². The van der Waals surface area contributed by atoms with Crippen molar-refractivity contribution in [3.8, 4) is 0 Å². The Balaban J connectivity index is 1.84. The Kier molecular flexibility index (Phi) is 5.57. The van der Waals surface area contributed by atoms with E-state index in [0.29, 0.717) is 18.6 Å². The SMILES string of the molecule is CC1CCCC(C)N1NCC(=O)Nc1ccccc1Br. The number of amides is 1. The molecular weight excluding hydrogens is 318 g/mol. The van der Waals surface area contributed by atoms with Crippen LogP contribution in [0.2, 0.25) is 0 Å². The normalized spacial score (nSPS) is 23.6. The van der Waals surface area contributed by atoms with Crippen LogP contribution in [-0.2, 0) is 4.79 Å². The minimum atomic E-state index is -0.0260. The molecule has 5 heteroatoms. The molecule has 20 heavy (non-hydrogen) atoms. The highest BCUT2D eigenvalue weighted by atomic mass is 79.9. The summed E-state index contributed by atoms with van der Waals surface area (Å²) in [5.41, 5.74) is 4.07. The van der Waals surface area contributed by atoms with E-state index in [0.717, 1.165) is 10.2 Å². The van der Waals surface area contributed by atoms with Crippen LogP contribution in [0.5, 0.6) is 0 Å². The van der Waals surface area contributed by atoms with Crippen molar-refractivity contribution in [2.75, 3.05) is 11.9 Å². The smallest absolute Gasteiger partial charge is 0.239 e. The molecule has 1 aliphatic heterocycles. The number of piperidine rings is 1. The van der Waals surface area contributed by atoms with Crippen LogP contribution in [0.15, 0.2) is 28.7 Å². The number of para-hydroxylation sites is 1. The molecule has 1 heterocycles. The molecular formula is C15H22BrN3O. The molecule has 1 aromatic rings. The van der Waals surface area contributed by atoms with Crippen molar-refractivity contribution in [2.45, 2.75) is 45.2 Å². The largest absolute Gasteiger partial charge is 0.324 e. The van der Waals surface area contributed by atoms with Gasteiger partial charge in [-0.1, -0.05) is 18.6 Å². The van der Waals surface area contributed by atoms with Crippen molar-refractivity contribution < 1.29 is 4.79 Å². The molecule has 0 bridgehead atoms. The monoisotopic (exact) mass is 339 g/mol. The molecule has 0 radical (unpaired) electrons. The topological polar surface area (TPSA) is 44.4 Å². The number of hydrogen-bond acceptors (Lipinski definition) is 3. The Labute approximate surface area is 129 Å². The predicted molar refractivity (Wildman–Crippen MR) is 85.4 cm³/mol. The van der Waals surface area contributed by atoms with E-state index in [4.69, 9.17) is 0 Å². The number of nitrogens with zero attached hydrogens (tertiary/aromatic N) is 1. The van der Waals surface area contributed by atoms with E-state index in [1.165, 1.54) is 19.3 Å². The number of halogens is 1. The molecule has 1 saturated heterocycles. The average Bonchev–Trinajstić information content (AvgIpc) is 2.41.